The van der Waals surface area contributed by atoms with Gasteiger partial charge in [-0.15, -0.1) is 10.2 Å². The third-order valence-electron chi connectivity index (χ3n) is 3.80. The predicted octanol–water partition coefficient (Wildman–Crippen LogP) is 2.31. The number of hydrogen-bond donors (Lipinski definition) is 0. The molecular weight excluding hydrogens is 266 g/mol. The van der Waals surface area contributed by atoms with Crippen LogP contribution in [0.5, 0.6) is 0 Å². The van der Waals surface area contributed by atoms with Crippen LogP contribution in [0.15, 0.2) is 16.9 Å². The van der Waals surface area contributed by atoms with Crippen molar-refractivity contribution in [1.82, 2.24) is 24.6 Å². The second-order valence-electron chi connectivity index (χ2n) is 7.12. The van der Waals surface area contributed by atoms with Crippen LogP contribution in [0.1, 0.15) is 39.0 Å². The maximum Gasteiger partial charge on any atom is 0.265 e. The summed E-state index contributed by atoms with van der Waals surface area (Å²) in [6.07, 6.45) is 4.57. The van der Waals surface area contributed by atoms with E-state index < -0.39 is 0 Å². The van der Waals surface area contributed by atoms with Gasteiger partial charge in [-0.25, -0.2) is 4.98 Å². The molecule has 6 heteroatoms. The first-order chi connectivity index (χ1) is 9.92. The topological polar surface area (TPSA) is 60.0 Å². The third-order valence-corrected chi connectivity index (χ3v) is 3.80. The molecule has 0 N–H and O–H groups in total. The quantitative estimate of drug-likeness (QED) is 0.867. The van der Waals surface area contributed by atoms with E-state index in [9.17, 15) is 0 Å². The summed E-state index contributed by atoms with van der Waals surface area (Å²) in [7, 11) is 1.92. The molecule has 0 spiro atoms. The first kappa shape index (κ1) is 14.3. The lowest BCUT2D eigenvalue weighted by molar-refractivity contribution is 0.223. The molecule has 0 bridgehead atoms. The zero-order valence-electron chi connectivity index (χ0n) is 13.2. The zero-order chi connectivity index (χ0) is 15.0. The molecule has 6 nitrogen and oxygen atoms in total. The average Bonchev–Trinajstić information content (AvgIpc) is 3.05. The number of aryl methyl sites for hydroxylation is 1. The Labute approximate surface area is 125 Å². The molecule has 114 valence electrons. The Balaban J connectivity index is 1.69. The van der Waals surface area contributed by atoms with Gasteiger partial charge in [0.2, 0.25) is 5.89 Å². The van der Waals surface area contributed by atoms with Gasteiger partial charge in [0.05, 0.1) is 18.4 Å². The Morgan fingerprint density at radius 3 is 2.81 bits per heavy atom. The lowest BCUT2D eigenvalue weighted by atomic mass is 9.96. The molecule has 3 heterocycles. The summed E-state index contributed by atoms with van der Waals surface area (Å²) in [5.41, 5.74) is 1.18. The molecule has 3 rings (SSSR count). The molecule has 1 aliphatic heterocycles. The van der Waals surface area contributed by atoms with Crippen molar-refractivity contribution in [3.63, 3.8) is 0 Å². The van der Waals surface area contributed by atoms with E-state index in [1.54, 1.807) is 12.5 Å². The molecule has 1 atom stereocenters. The molecule has 1 saturated heterocycles. The van der Waals surface area contributed by atoms with Gasteiger partial charge >= 0.3 is 0 Å². The van der Waals surface area contributed by atoms with E-state index >= 15 is 0 Å². The summed E-state index contributed by atoms with van der Waals surface area (Å²) in [4.78, 5) is 6.57. The number of nitrogens with zero attached hydrogens (tertiary/aromatic N) is 5. The monoisotopic (exact) mass is 289 g/mol. The molecule has 2 aromatic rings. The van der Waals surface area contributed by atoms with Gasteiger partial charge in [-0.05, 0) is 18.4 Å². The van der Waals surface area contributed by atoms with E-state index in [2.05, 4.69) is 40.9 Å². The van der Waals surface area contributed by atoms with E-state index in [4.69, 9.17) is 4.42 Å². The fourth-order valence-corrected chi connectivity index (χ4v) is 2.92. The highest BCUT2D eigenvalue weighted by atomic mass is 16.4. The Hall–Kier alpha value is -1.69. The van der Waals surface area contributed by atoms with Gasteiger partial charge in [0.25, 0.3) is 5.89 Å². The molecular formula is C15H23N5O. The minimum atomic E-state index is 0.323. The Bertz CT molecular complexity index is 610. The van der Waals surface area contributed by atoms with E-state index in [1.165, 1.54) is 0 Å². The lowest BCUT2D eigenvalue weighted by Crippen LogP contribution is -2.30. The molecule has 21 heavy (non-hydrogen) atoms. The molecule has 0 unspecified atom stereocenters. The Morgan fingerprint density at radius 2 is 2.14 bits per heavy atom. The van der Waals surface area contributed by atoms with Crippen molar-refractivity contribution in [2.75, 3.05) is 19.6 Å². The van der Waals surface area contributed by atoms with Crippen LogP contribution in [0, 0.1) is 5.41 Å². The number of hydrogen-bond acceptors (Lipinski definition) is 5. The number of imidazole rings is 1. The maximum absolute atomic E-state index is 5.86. The van der Waals surface area contributed by atoms with Crippen LogP contribution in [-0.2, 0) is 7.05 Å². The standard InChI is InChI=1S/C15H23N5O/c1-15(2,3)9-20-6-5-11(8-20)13-17-18-14(21-13)12-7-16-10-19(12)4/h7,10-11H,5-6,8-9H2,1-4H3/t11-/m0/s1. The Morgan fingerprint density at radius 1 is 1.33 bits per heavy atom. The van der Waals surface area contributed by atoms with Gasteiger partial charge in [-0.3, -0.25) is 0 Å². The van der Waals surface area contributed by atoms with E-state index in [0.717, 1.165) is 37.6 Å². The van der Waals surface area contributed by atoms with E-state index in [1.807, 2.05) is 11.6 Å². The molecule has 0 radical (unpaired) electrons. The van der Waals surface area contributed by atoms with Crippen LogP contribution in [0.2, 0.25) is 0 Å². The molecule has 1 fully saturated rings. The van der Waals surface area contributed by atoms with Crippen LogP contribution < -0.4 is 0 Å². The SMILES string of the molecule is Cn1cncc1-c1nnc([C@H]2CCN(CC(C)(C)C)C2)o1. The van der Waals surface area contributed by atoms with Crippen molar-refractivity contribution < 1.29 is 4.42 Å². The maximum atomic E-state index is 5.86. The number of rotatable bonds is 3. The average molecular weight is 289 g/mol. The van der Waals surface area contributed by atoms with Crippen molar-refractivity contribution in [1.29, 1.82) is 0 Å². The first-order valence-corrected chi connectivity index (χ1v) is 7.45. The summed E-state index contributed by atoms with van der Waals surface area (Å²) in [6, 6.07) is 0. The first-order valence-electron chi connectivity index (χ1n) is 7.45. The summed E-state index contributed by atoms with van der Waals surface area (Å²) in [5, 5.41) is 8.41. The van der Waals surface area contributed by atoms with Crippen molar-refractivity contribution >= 4 is 0 Å². The van der Waals surface area contributed by atoms with Gasteiger partial charge in [0.1, 0.15) is 5.69 Å². The fraction of sp³-hybridized carbons (Fsp3) is 0.667. The van der Waals surface area contributed by atoms with E-state index in [-0.39, 0.29) is 0 Å². The number of likely N-dealkylation sites (tertiary alicyclic amines) is 1. The van der Waals surface area contributed by atoms with E-state index in [0.29, 0.717) is 17.2 Å². The third kappa shape index (κ3) is 3.15. The van der Waals surface area contributed by atoms with Crippen molar-refractivity contribution in [3.8, 4) is 11.6 Å². The van der Waals surface area contributed by atoms with Gasteiger partial charge in [-0.1, -0.05) is 20.8 Å². The van der Waals surface area contributed by atoms with Crippen molar-refractivity contribution in [2.45, 2.75) is 33.1 Å². The zero-order valence-corrected chi connectivity index (χ0v) is 13.2. The Kier molecular flexibility index (Phi) is 3.57. The van der Waals surface area contributed by atoms with Crippen LogP contribution in [0.4, 0.5) is 0 Å². The van der Waals surface area contributed by atoms with Crippen LogP contribution in [0.25, 0.3) is 11.6 Å². The van der Waals surface area contributed by atoms with Crippen LogP contribution in [0.3, 0.4) is 0 Å². The fourth-order valence-electron chi connectivity index (χ4n) is 2.92. The molecule has 1 aliphatic rings. The molecule has 0 saturated carbocycles. The van der Waals surface area contributed by atoms with Gasteiger partial charge in [0, 0.05) is 20.1 Å². The van der Waals surface area contributed by atoms with Gasteiger partial charge in [0.15, 0.2) is 0 Å². The highest BCUT2D eigenvalue weighted by Gasteiger charge is 2.30. The molecule has 0 aliphatic carbocycles. The normalized spacial score (nSPS) is 20.3. The smallest absolute Gasteiger partial charge is 0.265 e. The van der Waals surface area contributed by atoms with Crippen molar-refractivity contribution in [2.24, 2.45) is 12.5 Å². The van der Waals surface area contributed by atoms with Crippen molar-refractivity contribution in [3.05, 3.63) is 18.4 Å². The highest BCUT2D eigenvalue weighted by Crippen LogP contribution is 2.30. The summed E-state index contributed by atoms with van der Waals surface area (Å²) >= 11 is 0. The number of aromatic nitrogens is 4. The highest BCUT2D eigenvalue weighted by molar-refractivity contribution is 5.44. The van der Waals surface area contributed by atoms with Crippen LogP contribution in [-0.4, -0.2) is 44.3 Å². The minimum absolute atomic E-state index is 0.323. The van der Waals surface area contributed by atoms with Gasteiger partial charge in [-0.2, -0.15) is 0 Å². The van der Waals surface area contributed by atoms with Gasteiger partial charge < -0.3 is 13.9 Å². The minimum Gasteiger partial charge on any atom is -0.419 e. The summed E-state index contributed by atoms with van der Waals surface area (Å²) in [5.74, 6) is 1.66. The van der Waals surface area contributed by atoms with Crippen LogP contribution >= 0.6 is 0 Å². The second kappa shape index (κ2) is 5.26. The lowest BCUT2D eigenvalue weighted by Gasteiger charge is -2.25. The summed E-state index contributed by atoms with van der Waals surface area (Å²) < 4.78 is 7.75. The predicted molar refractivity (Wildman–Crippen MR) is 79.8 cm³/mol. The second-order valence-corrected chi connectivity index (χ2v) is 7.12. The molecule has 0 amide bonds. The molecule has 2 aromatic heterocycles. The molecule has 0 aromatic carbocycles. The summed E-state index contributed by atoms with van der Waals surface area (Å²) in [6.45, 7) is 10.0. The largest absolute Gasteiger partial charge is 0.419 e.